The third-order valence-electron chi connectivity index (χ3n) is 4.70. The summed E-state index contributed by atoms with van der Waals surface area (Å²) in [5, 5.41) is 6.21. The van der Waals surface area contributed by atoms with Crippen molar-refractivity contribution in [2.75, 3.05) is 16.1 Å². The highest BCUT2D eigenvalue weighted by Gasteiger charge is 2.22. The molecule has 0 aliphatic rings. The zero-order valence-electron chi connectivity index (χ0n) is 17.0. The molecule has 0 unspecified atom stereocenters. The number of carbonyl (C=O) groups is 3. The van der Waals surface area contributed by atoms with Crippen molar-refractivity contribution in [1.29, 1.82) is 0 Å². The van der Waals surface area contributed by atoms with Crippen LogP contribution in [0, 0.1) is 0 Å². The van der Waals surface area contributed by atoms with Crippen molar-refractivity contribution < 1.29 is 14.4 Å². The molecule has 0 aliphatic carbocycles. The molecule has 1 heterocycles. The van der Waals surface area contributed by atoms with E-state index < -0.39 is 17.7 Å². The minimum Gasteiger partial charge on any atom is -0.321 e. The first-order valence-electron chi connectivity index (χ1n) is 9.66. The minimum atomic E-state index is -0.975. The van der Waals surface area contributed by atoms with Gasteiger partial charge in [0.25, 0.3) is 5.91 Å². The summed E-state index contributed by atoms with van der Waals surface area (Å²) in [6.45, 7) is 0. The third-order valence-corrected chi connectivity index (χ3v) is 6.53. The summed E-state index contributed by atoms with van der Waals surface area (Å²) in [4.78, 5) is 38.3. The Kier molecular flexibility index (Phi) is 7.42. The van der Waals surface area contributed by atoms with Gasteiger partial charge >= 0.3 is 11.8 Å². The van der Waals surface area contributed by atoms with Crippen LogP contribution in [0.4, 0.5) is 11.4 Å². The van der Waals surface area contributed by atoms with Gasteiger partial charge < -0.3 is 10.6 Å². The molecule has 34 heavy (non-hydrogen) atoms. The van der Waals surface area contributed by atoms with Gasteiger partial charge in [-0.1, -0.05) is 59.4 Å². The number of carbonyl (C=O) groups excluding carboxylic acids is 3. The number of rotatable bonds is 4. The Morgan fingerprint density at radius 1 is 0.735 bits per heavy atom. The number of halogens is 4. The van der Waals surface area contributed by atoms with Gasteiger partial charge in [0.2, 0.25) is 0 Å². The normalized spacial score (nSPS) is 10.7. The molecule has 0 spiro atoms. The van der Waals surface area contributed by atoms with Crippen LogP contribution in [-0.2, 0) is 9.59 Å². The fourth-order valence-corrected chi connectivity index (χ4v) is 4.49. The van der Waals surface area contributed by atoms with Gasteiger partial charge in [0.15, 0.2) is 0 Å². The molecule has 4 rings (SSSR count). The Labute approximate surface area is 224 Å². The van der Waals surface area contributed by atoms with Crippen LogP contribution in [0.15, 0.2) is 80.1 Å². The smallest absolute Gasteiger partial charge is 0.321 e. The maximum Gasteiger partial charge on any atom is 0.328 e. The van der Waals surface area contributed by atoms with E-state index in [0.29, 0.717) is 16.6 Å². The molecule has 0 atom stereocenters. The lowest BCUT2D eigenvalue weighted by atomic mass is 10.2. The fraction of sp³-hybridized carbons (Fsp3) is 0. The van der Waals surface area contributed by atoms with Crippen LogP contribution in [0.2, 0.25) is 5.02 Å². The molecule has 4 aromatic rings. The lowest BCUT2D eigenvalue weighted by molar-refractivity contribution is -0.133. The van der Waals surface area contributed by atoms with Crippen LogP contribution in [0.5, 0.6) is 0 Å². The van der Waals surface area contributed by atoms with Gasteiger partial charge in [0.1, 0.15) is 5.69 Å². The molecule has 3 amide bonds. The number of amides is 3. The molecule has 3 aromatic carbocycles. The highest BCUT2D eigenvalue weighted by Crippen LogP contribution is 2.26. The Hall–Kier alpha value is -2.66. The zero-order chi connectivity index (χ0) is 24.4. The predicted octanol–water partition coefficient (Wildman–Crippen LogP) is 6.54. The van der Waals surface area contributed by atoms with Gasteiger partial charge in [0.05, 0.1) is 16.2 Å². The van der Waals surface area contributed by atoms with E-state index in [1.807, 2.05) is 0 Å². The van der Waals surface area contributed by atoms with E-state index in [1.165, 1.54) is 4.68 Å². The first-order chi connectivity index (χ1) is 16.2. The maximum absolute atomic E-state index is 13.1. The number of fused-ring (bicyclic) bond motifs is 1. The first kappa shape index (κ1) is 24.5. The van der Waals surface area contributed by atoms with Gasteiger partial charge in [-0.2, -0.15) is 0 Å². The molecule has 0 saturated heterocycles. The summed E-state index contributed by atoms with van der Waals surface area (Å²) in [5.74, 6) is -2.38. The van der Waals surface area contributed by atoms with E-state index in [4.69, 9.17) is 11.6 Å². The lowest BCUT2D eigenvalue weighted by Crippen LogP contribution is -2.36. The highest BCUT2D eigenvalue weighted by molar-refractivity contribution is 9.11. The minimum absolute atomic E-state index is 0.138. The van der Waals surface area contributed by atoms with E-state index in [1.54, 1.807) is 66.7 Å². The van der Waals surface area contributed by atoms with Crippen molar-refractivity contribution in [3.8, 4) is 0 Å². The number of hydrogen-bond donors (Lipinski definition) is 3. The van der Waals surface area contributed by atoms with Crippen molar-refractivity contribution in [1.82, 2.24) is 4.68 Å². The SMILES string of the molecule is O=C(Nc1ccc(Br)cc1Cl)C(=O)Nn1c(C(=O)Nc2ccc(Br)cc2)cc2cc(Br)ccc21. The number of nitrogens with one attached hydrogen (secondary N) is 3. The molecular formula is C23H14Br3ClN4O3. The summed E-state index contributed by atoms with van der Waals surface area (Å²) >= 11 is 16.2. The molecule has 1 aromatic heterocycles. The van der Waals surface area contributed by atoms with Crippen LogP contribution in [0.3, 0.4) is 0 Å². The molecule has 0 fully saturated rings. The summed E-state index contributed by atoms with van der Waals surface area (Å²) in [7, 11) is 0. The van der Waals surface area contributed by atoms with Gasteiger partial charge in [-0.05, 0) is 66.7 Å². The summed E-state index contributed by atoms with van der Waals surface area (Å²) in [6, 6.07) is 18.8. The van der Waals surface area contributed by atoms with Gasteiger partial charge in [-0.25, -0.2) is 4.68 Å². The van der Waals surface area contributed by atoms with Crippen LogP contribution in [-0.4, -0.2) is 22.4 Å². The lowest BCUT2D eigenvalue weighted by Gasteiger charge is -2.13. The predicted molar refractivity (Wildman–Crippen MR) is 144 cm³/mol. The van der Waals surface area contributed by atoms with Crippen molar-refractivity contribution in [3.63, 3.8) is 0 Å². The monoisotopic (exact) mass is 666 g/mol. The Balaban J connectivity index is 1.62. The number of anilines is 2. The topological polar surface area (TPSA) is 92.2 Å². The van der Waals surface area contributed by atoms with Crippen LogP contribution < -0.4 is 16.1 Å². The quantitative estimate of drug-likeness (QED) is 0.216. The Morgan fingerprint density at radius 3 is 2.09 bits per heavy atom. The number of benzene rings is 3. The van der Waals surface area contributed by atoms with E-state index in [-0.39, 0.29) is 16.4 Å². The van der Waals surface area contributed by atoms with E-state index >= 15 is 0 Å². The molecule has 172 valence electrons. The van der Waals surface area contributed by atoms with E-state index in [9.17, 15) is 14.4 Å². The van der Waals surface area contributed by atoms with E-state index in [0.717, 1.165) is 13.4 Å². The Bertz CT molecular complexity index is 1440. The molecule has 7 nitrogen and oxygen atoms in total. The van der Waals surface area contributed by atoms with Crippen molar-refractivity contribution in [2.45, 2.75) is 0 Å². The molecular weight excluding hydrogens is 655 g/mol. The second-order valence-corrected chi connectivity index (χ2v) is 10.2. The molecule has 11 heteroatoms. The first-order valence-corrected chi connectivity index (χ1v) is 12.4. The molecule has 0 aliphatic heterocycles. The van der Waals surface area contributed by atoms with Gasteiger partial charge in [0, 0.05) is 24.5 Å². The largest absolute Gasteiger partial charge is 0.328 e. The van der Waals surface area contributed by atoms with Crippen LogP contribution >= 0.6 is 59.4 Å². The molecule has 3 N–H and O–H groups in total. The number of aromatic nitrogens is 1. The fourth-order valence-electron chi connectivity index (χ4n) is 3.12. The van der Waals surface area contributed by atoms with E-state index in [2.05, 4.69) is 63.8 Å². The molecule has 0 radical (unpaired) electrons. The molecule has 0 bridgehead atoms. The number of nitrogens with zero attached hydrogens (tertiary/aromatic N) is 1. The average molecular weight is 670 g/mol. The highest BCUT2D eigenvalue weighted by atomic mass is 79.9. The molecule has 0 saturated carbocycles. The standard InChI is InChI=1S/C23H14Br3ClN4O3/c24-13-1-5-16(6-2-13)28-21(32)20-10-12-9-14(25)4-8-19(12)31(20)30-23(34)22(33)29-18-7-3-15(26)11-17(18)27/h1-11H,(H,28,32)(H,29,33)(H,30,34). The van der Waals surface area contributed by atoms with Crippen molar-refractivity contribution >= 4 is 99.4 Å². The third kappa shape index (κ3) is 5.52. The van der Waals surface area contributed by atoms with Crippen LogP contribution in [0.25, 0.3) is 10.9 Å². The maximum atomic E-state index is 13.1. The second-order valence-electron chi connectivity index (χ2n) is 7.05. The average Bonchev–Trinajstić information content (AvgIpc) is 3.14. The number of hydrogen-bond acceptors (Lipinski definition) is 3. The van der Waals surface area contributed by atoms with Gasteiger partial charge in [-0.3, -0.25) is 19.8 Å². The van der Waals surface area contributed by atoms with Crippen molar-refractivity contribution in [3.05, 3.63) is 90.9 Å². The van der Waals surface area contributed by atoms with Crippen molar-refractivity contribution in [2.24, 2.45) is 0 Å². The summed E-state index contributed by atoms with van der Waals surface area (Å²) < 4.78 is 3.67. The van der Waals surface area contributed by atoms with Gasteiger partial charge in [-0.15, -0.1) is 0 Å². The summed E-state index contributed by atoms with van der Waals surface area (Å²) in [6.07, 6.45) is 0. The zero-order valence-corrected chi connectivity index (χ0v) is 22.5. The second kappa shape index (κ2) is 10.3. The summed E-state index contributed by atoms with van der Waals surface area (Å²) in [5.41, 5.74) is 4.03. The van der Waals surface area contributed by atoms with Crippen LogP contribution in [0.1, 0.15) is 10.5 Å². The Morgan fingerprint density at radius 2 is 1.38 bits per heavy atom.